The SMILES string of the molecule is CCc1ccsc1CNC1=NCC(c2ccccc2)S1. The lowest BCUT2D eigenvalue weighted by molar-refractivity contribution is 0.911. The molecule has 2 nitrogen and oxygen atoms in total. The first-order valence-corrected chi connectivity index (χ1v) is 8.68. The van der Waals surface area contributed by atoms with Gasteiger partial charge in [0.25, 0.3) is 0 Å². The monoisotopic (exact) mass is 302 g/mol. The van der Waals surface area contributed by atoms with Crippen molar-refractivity contribution in [1.82, 2.24) is 5.32 Å². The van der Waals surface area contributed by atoms with Crippen LogP contribution in [0.4, 0.5) is 0 Å². The number of hydrogen-bond acceptors (Lipinski definition) is 4. The maximum Gasteiger partial charge on any atom is 0.157 e. The molecule has 0 radical (unpaired) electrons. The fraction of sp³-hybridized carbons (Fsp3) is 0.312. The first kappa shape index (κ1) is 13.7. The fourth-order valence-corrected chi connectivity index (χ4v) is 4.24. The lowest BCUT2D eigenvalue weighted by Gasteiger charge is -2.09. The van der Waals surface area contributed by atoms with Crippen LogP contribution >= 0.6 is 23.1 Å². The van der Waals surface area contributed by atoms with Crippen LogP contribution in [0.5, 0.6) is 0 Å². The van der Waals surface area contributed by atoms with Crippen LogP contribution in [-0.2, 0) is 13.0 Å². The number of benzene rings is 1. The highest BCUT2D eigenvalue weighted by atomic mass is 32.2. The molecule has 1 atom stereocenters. The van der Waals surface area contributed by atoms with E-state index in [4.69, 9.17) is 0 Å². The molecule has 0 bridgehead atoms. The summed E-state index contributed by atoms with van der Waals surface area (Å²) >= 11 is 3.67. The van der Waals surface area contributed by atoms with Crippen LogP contribution in [0.15, 0.2) is 46.8 Å². The van der Waals surface area contributed by atoms with Gasteiger partial charge in [-0.25, -0.2) is 0 Å². The van der Waals surface area contributed by atoms with E-state index in [-0.39, 0.29) is 0 Å². The van der Waals surface area contributed by atoms with E-state index in [9.17, 15) is 0 Å². The van der Waals surface area contributed by atoms with Crippen LogP contribution in [-0.4, -0.2) is 11.7 Å². The molecule has 3 rings (SSSR count). The second-order valence-corrected chi connectivity index (χ2v) is 6.93. The van der Waals surface area contributed by atoms with Gasteiger partial charge in [0.1, 0.15) is 0 Å². The molecule has 1 aromatic carbocycles. The molecule has 1 unspecified atom stereocenters. The van der Waals surface area contributed by atoms with E-state index in [0.29, 0.717) is 5.25 Å². The van der Waals surface area contributed by atoms with Crippen LogP contribution in [0, 0.1) is 0 Å². The van der Waals surface area contributed by atoms with Crippen molar-refractivity contribution in [1.29, 1.82) is 0 Å². The van der Waals surface area contributed by atoms with E-state index in [1.54, 1.807) is 0 Å². The second-order valence-electron chi connectivity index (χ2n) is 4.74. The number of aliphatic imine (C=N–C) groups is 1. The Labute approximate surface area is 128 Å². The van der Waals surface area contributed by atoms with Gasteiger partial charge in [-0.15, -0.1) is 11.3 Å². The molecule has 0 aliphatic carbocycles. The molecular formula is C16H18N2S2. The minimum atomic E-state index is 0.465. The first-order chi connectivity index (χ1) is 9.86. The molecule has 0 saturated carbocycles. The van der Waals surface area contributed by atoms with Gasteiger partial charge >= 0.3 is 0 Å². The van der Waals surface area contributed by atoms with Gasteiger partial charge in [-0.1, -0.05) is 49.0 Å². The number of amidine groups is 1. The van der Waals surface area contributed by atoms with E-state index in [1.165, 1.54) is 16.0 Å². The van der Waals surface area contributed by atoms with Gasteiger partial charge in [-0.3, -0.25) is 4.99 Å². The van der Waals surface area contributed by atoms with E-state index in [0.717, 1.165) is 24.7 Å². The van der Waals surface area contributed by atoms with Crippen LogP contribution in [0.3, 0.4) is 0 Å². The number of rotatable bonds is 4. The van der Waals surface area contributed by atoms with Gasteiger partial charge in [0.2, 0.25) is 0 Å². The molecule has 0 fully saturated rings. The third-order valence-electron chi connectivity index (χ3n) is 3.44. The van der Waals surface area contributed by atoms with Crippen molar-refractivity contribution < 1.29 is 0 Å². The Bertz CT molecular complexity index is 590. The average Bonchev–Trinajstić information content (AvgIpc) is 3.15. The van der Waals surface area contributed by atoms with Gasteiger partial charge in [0.05, 0.1) is 18.3 Å². The fourth-order valence-electron chi connectivity index (χ4n) is 2.31. The summed E-state index contributed by atoms with van der Waals surface area (Å²) in [5.74, 6) is 0. The number of thioether (sulfide) groups is 1. The molecule has 2 aromatic rings. The summed E-state index contributed by atoms with van der Waals surface area (Å²) in [7, 11) is 0. The summed E-state index contributed by atoms with van der Waals surface area (Å²) in [6.07, 6.45) is 1.10. The number of nitrogens with one attached hydrogen (secondary N) is 1. The van der Waals surface area contributed by atoms with Gasteiger partial charge in [0.15, 0.2) is 5.17 Å². The van der Waals surface area contributed by atoms with Crippen molar-refractivity contribution in [2.75, 3.05) is 6.54 Å². The zero-order valence-corrected chi connectivity index (χ0v) is 13.1. The zero-order valence-electron chi connectivity index (χ0n) is 11.5. The molecule has 2 heterocycles. The van der Waals surface area contributed by atoms with Crippen molar-refractivity contribution in [3.8, 4) is 0 Å². The Morgan fingerprint density at radius 1 is 1.25 bits per heavy atom. The van der Waals surface area contributed by atoms with Gasteiger partial charge in [-0.05, 0) is 29.0 Å². The van der Waals surface area contributed by atoms with Crippen molar-refractivity contribution in [3.05, 3.63) is 57.8 Å². The standard InChI is InChI=1S/C16H18N2S2/c1-2-12-8-9-19-14(12)10-17-16-18-11-15(20-16)13-6-4-3-5-7-13/h3-9,15H,2,10-11H2,1H3,(H,17,18). The summed E-state index contributed by atoms with van der Waals surface area (Å²) < 4.78 is 0. The van der Waals surface area contributed by atoms with E-state index in [2.05, 4.69) is 59.0 Å². The molecule has 20 heavy (non-hydrogen) atoms. The topological polar surface area (TPSA) is 24.4 Å². The highest BCUT2D eigenvalue weighted by Crippen LogP contribution is 2.34. The Morgan fingerprint density at radius 3 is 2.90 bits per heavy atom. The van der Waals surface area contributed by atoms with E-state index < -0.39 is 0 Å². The molecule has 0 saturated heterocycles. The normalized spacial score (nSPS) is 18.1. The molecule has 0 spiro atoms. The zero-order chi connectivity index (χ0) is 13.8. The van der Waals surface area contributed by atoms with Gasteiger partial charge in [-0.2, -0.15) is 0 Å². The number of thiophene rings is 1. The third-order valence-corrected chi connectivity index (χ3v) is 5.61. The van der Waals surface area contributed by atoms with Crippen LogP contribution < -0.4 is 5.32 Å². The molecule has 1 aromatic heterocycles. The molecule has 1 aliphatic heterocycles. The molecule has 1 N–H and O–H groups in total. The van der Waals surface area contributed by atoms with E-state index in [1.807, 2.05) is 23.1 Å². The maximum atomic E-state index is 4.62. The van der Waals surface area contributed by atoms with E-state index >= 15 is 0 Å². The second kappa shape index (κ2) is 6.46. The summed E-state index contributed by atoms with van der Waals surface area (Å²) in [5.41, 5.74) is 2.81. The van der Waals surface area contributed by atoms with Gasteiger partial charge in [0, 0.05) is 4.88 Å². The lowest BCUT2D eigenvalue weighted by atomic mass is 10.1. The third kappa shape index (κ3) is 3.07. The van der Waals surface area contributed by atoms with Crippen molar-refractivity contribution in [3.63, 3.8) is 0 Å². The predicted octanol–water partition coefficient (Wildman–Crippen LogP) is 4.24. The quantitative estimate of drug-likeness (QED) is 0.913. The average molecular weight is 302 g/mol. The summed E-state index contributed by atoms with van der Waals surface area (Å²) in [4.78, 5) is 6.05. The van der Waals surface area contributed by atoms with Crippen LogP contribution in [0.25, 0.3) is 0 Å². The minimum absolute atomic E-state index is 0.465. The highest BCUT2D eigenvalue weighted by Gasteiger charge is 2.21. The smallest absolute Gasteiger partial charge is 0.157 e. The number of hydrogen-bond donors (Lipinski definition) is 1. The summed E-state index contributed by atoms with van der Waals surface area (Å²) in [6.45, 7) is 3.98. The molecule has 104 valence electrons. The van der Waals surface area contributed by atoms with Crippen molar-refractivity contribution >= 4 is 28.3 Å². The van der Waals surface area contributed by atoms with Crippen molar-refractivity contribution in [2.45, 2.75) is 25.1 Å². The van der Waals surface area contributed by atoms with Crippen molar-refractivity contribution in [2.24, 2.45) is 4.99 Å². The summed E-state index contributed by atoms with van der Waals surface area (Å²) in [6, 6.07) is 12.8. The Balaban J connectivity index is 1.56. The lowest BCUT2D eigenvalue weighted by Crippen LogP contribution is -2.18. The van der Waals surface area contributed by atoms with Crippen LogP contribution in [0.1, 0.15) is 28.2 Å². The minimum Gasteiger partial charge on any atom is -0.360 e. The Morgan fingerprint density at radius 2 is 2.10 bits per heavy atom. The molecular weight excluding hydrogens is 284 g/mol. The molecule has 4 heteroatoms. The summed E-state index contributed by atoms with van der Waals surface area (Å²) in [5, 5.41) is 7.20. The first-order valence-electron chi connectivity index (χ1n) is 6.92. The maximum absolute atomic E-state index is 4.62. The van der Waals surface area contributed by atoms with Crippen LogP contribution in [0.2, 0.25) is 0 Å². The highest BCUT2D eigenvalue weighted by molar-refractivity contribution is 8.14. The molecule has 1 aliphatic rings. The Kier molecular flexibility index (Phi) is 4.43. The number of nitrogens with zero attached hydrogens (tertiary/aromatic N) is 1. The Hall–Kier alpha value is -1.26. The number of aryl methyl sites for hydroxylation is 1. The predicted molar refractivity (Wildman–Crippen MR) is 89.6 cm³/mol. The van der Waals surface area contributed by atoms with Gasteiger partial charge < -0.3 is 5.32 Å². The largest absolute Gasteiger partial charge is 0.360 e. The molecule has 0 amide bonds.